The number of ether oxygens (including phenoxy) is 1. The largest absolute Gasteiger partial charge is 0.416 e. The molecule has 1 fully saturated rings. The molecule has 5 rings (SSSR count). The average Bonchev–Trinajstić information content (AvgIpc) is 3.27. The van der Waals surface area contributed by atoms with E-state index in [0.717, 1.165) is 42.8 Å². The SMILES string of the molecule is Cc1c([C@@H](C)NC2=NC3=NCCN3c3cnc(N4CCOCC4)cc32)cccc1C(F)(F)F. The van der Waals surface area contributed by atoms with Gasteiger partial charge in [0.2, 0.25) is 5.96 Å². The molecule has 0 saturated carbocycles. The van der Waals surface area contributed by atoms with Crippen molar-refractivity contribution >= 4 is 23.3 Å². The number of anilines is 2. The van der Waals surface area contributed by atoms with Crippen molar-refractivity contribution in [2.24, 2.45) is 9.98 Å². The number of hydrogen-bond acceptors (Lipinski definition) is 7. The van der Waals surface area contributed by atoms with Gasteiger partial charge in [-0.15, -0.1) is 0 Å². The van der Waals surface area contributed by atoms with E-state index in [4.69, 9.17) is 9.73 Å². The molecule has 0 spiro atoms. The van der Waals surface area contributed by atoms with Gasteiger partial charge in [0.15, 0.2) is 0 Å². The van der Waals surface area contributed by atoms with Gasteiger partial charge in [-0.25, -0.2) is 9.98 Å². The normalized spacial score (nSPS) is 18.9. The fraction of sp³-hybridized carbons (Fsp3) is 0.435. The number of amidine groups is 1. The van der Waals surface area contributed by atoms with Crippen molar-refractivity contribution in [3.8, 4) is 0 Å². The third kappa shape index (κ3) is 4.03. The molecule has 0 bridgehead atoms. The molecule has 1 aromatic heterocycles. The summed E-state index contributed by atoms with van der Waals surface area (Å²) in [5.74, 6) is 2.01. The summed E-state index contributed by atoms with van der Waals surface area (Å²) in [6.45, 7) is 7.51. The zero-order chi connectivity index (χ0) is 23.2. The number of benzene rings is 1. The lowest BCUT2D eigenvalue weighted by Gasteiger charge is -2.32. The molecule has 174 valence electrons. The lowest BCUT2D eigenvalue weighted by atomic mass is 9.97. The second kappa shape index (κ2) is 8.33. The predicted octanol–water partition coefficient (Wildman–Crippen LogP) is 3.53. The van der Waals surface area contributed by atoms with Crippen LogP contribution in [-0.4, -0.2) is 56.2 Å². The van der Waals surface area contributed by atoms with E-state index >= 15 is 0 Å². The van der Waals surface area contributed by atoms with Crippen molar-refractivity contribution in [2.75, 3.05) is 49.2 Å². The Morgan fingerprint density at radius 2 is 1.94 bits per heavy atom. The summed E-state index contributed by atoms with van der Waals surface area (Å²) < 4.78 is 45.7. The number of morpholine rings is 1. The first-order valence-electron chi connectivity index (χ1n) is 11.0. The van der Waals surface area contributed by atoms with Crippen molar-refractivity contribution in [1.29, 1.82) is 0 Å². The van der Waals surface area contributed by atoms with Gasteiger partial charge in [-0.1, -0.05) is 12.1 Å². The number of guanidine groups is 1. The summed E-state index contributed by atoms with van der Waals surface area (Å²) in [7, 11) is 0. The van der Waals surface area contributed by atoms with Crippen LogP contribution in [0.3, 0.4) is 0 Å². The lowest BCUT2D eigenvalue weighted by molar-refractivity contribution is -0.138. The number of rotatable bonds is 3. The number of nitrogens with one attached hydrogen (secondary N) is 1. The van der Waals surface area contributed by atoms with E-state index in [-0.39, 0.29) is 5.56 Å². The fourth-order valence-corrected chi connectivity index (χ4v) is 4.55. The maximum atomic E-state index is 13.4. The standard InChI is InChI=1S/C23H25F3N6O/c1-14-16(4-3-5-18(14)23(24,25)26)15(2)29-21-17-12-20(31-8-10-33-11-9-31)28-13-19(17)32-7-6-27-22(32)30-21/h3-5,12-13,15H,6-11H2,1-2H3,(H,27,29,30)/t15-/m1/s1. The molecule has 7 nitrogen and oxygen atoms in total. The summed E-state index contributed by atoms with van der Waals surface area (Å²) in [6.07, 6.45) is -2.57. The zero-order valence-electron chi connectivity index (χ0n) is 18.5. The molecule has 2 aromatic rings. The Kier molecular flexibility index (Phi) is 5.48. The number of pyridine rings is 1. The topological polar surface area (TPSA) is 65.4 Å². The van der Waals surface area contributed by atoms with Crippen LogP contribution in [0.4, 0.5) is 24.7 Å². The monoisotopic (exact) mass is 458 g/mol. The number of nitrogens with zero attached hydrogens (tertiary/aromatic N) is 5. The number of hydrogen-bond donors (Lipinski definition) is 1. The van der Waals surface area contributed by atoms with Crippen molar-refractivity contribution in [3.63, 3.8) is 0 Å². The molecule has 1 saturated heterocycles. The van der Waals surface area contributed by atoms with E-state index in [9.17, 15) is 13.2 Å². The highest BCUT2D eigenvalue weighted by Crippen LogP contribution is 2.35. The Morgan fingerprint density at radius 3 is 2.70 bits per heavy atom. The number of aromatic nitrogens is 1. The van der Waals surface area contributed by atoms with E-state index in [1.54, 1.807) is 6.07 Å². The molecule has 0 aliphatic carbocycles. The Labute approximate surface area is 190 Å². The van der Waals surface area contributed by atoms with E-state index < -0.39 is 17.8 Å². The Hall–Kier alpha value is -3.14. The first kappa shape index (κ1) is 21.7. The molecule has 3 aliphatic heterocycles. The molecule has 3 aliphatic rings. The molecule has 10 heteroatoms. The number of aliphatic imine (C=N–C) groups is 2. The maximum Gasteiger partial charge on any atom is 0.416 e. The minimum Gasteiger partial charge on any atom is -0.378 e. The van der Waals surface area contributed by atoms with Crippen LogP contribution < -0.4 is 15.1 Å². The lowest BCUT2D eigenvalue weighted by Crippen LogP contribution is -2.40. The van der Waals surface area contributed by atoms with Gasteiger partial charge in [0.1, 0.15) is 11.7 Å². The number of fused-ring (bicyclic) bond motifs is 3. The second-order valence-electron chi connectivity index (χ2n) is 8.34. The zero-order valence-corrected chi connectivity index (χ0v) is 18.5. The van der Waals surface area contributed by atoms with Gasteiger partial charge >= 0.3 is 6.18 Å². The number of alkyl halides is 3. The Bertz CT molecular complexity index is 1120. The van der Waals surface area contributed by atoms with Gasteiger partial charge in [-0.2, -0.15) is 18.2 Å². The highest BCUT2D eigenvalue weighted by atomic mass is 19.4. The van der Waals surface area contributed by atoms with Crippen LogP contribution in [0.1, 0.15) is 35.2 Å². The minimum absolute atomic E-state index is 0.213. The van der Waals surface area contributed by atoms with Crippen LogP contribution >= 0.6 is 0 Å². The fourth-order valence-electron chi connectivity index (χ4n) is 4.55. The average molecular weight is 458 g/mol. The smallest absolute Gasteiger partial charge is 0.378 e. The van der Waals surface area contributed by atoms with Crippen molar-refractivity contribution in [3.05, 3.63) is 52.7 Å². The summed E-state index contributed by atoms with van der Waals surface area (Å²) in [4.78, 5) is 18.1. The summed E-state index contributed by atoms with van der Waals surface area (Å²) in [5, 5.41) is 3.36. The van der Waals surface area contributed by atoms with Gasteiger partial charge in [0.05, 0.1) is 43.2 Å². The van der Waals surface area contributed by atoms with Crippen LogP contribution in [0, 0.1) is 6.92 Å². The maximum absolute atomic E-state index is 13.4. The van der Waals surface area contributed by atoms with Crippen molar-refractivity contribution < 1.29 is 17.9 Å². The van der Waals surface area contributed by atoms with Crippen LogP contribution in [-0.2, 0) is 10.9 Å². The van der Waals surface area contributed by atoms with Gasteiger partial charge in [-0.05, 0) is 37.1 Å². The quantitative estimate of drug-likeness (QED) is 0.763. The van der Waals surface area contributed by atoms with Gasteiger partial charge in [0.25, 0.3) is 0 Å². The van der Waals surface area contributed by atoms with Crippen LogP contribution in [0.2, 0.25) is 0 Å². The first-order valence-corrected chi connectivity index (χ1v) is 11.0. The highest BCUT2D eigenvalue weighted by Gasteiger charge is 2.34. The molecule has 33 heavy (non-hydrogen) atoms. The molecule has 4 heterocycles. The molecule has 1 aromatic carbocycles. The molecule has 0 radical (unpaired) electrons. The van der Waals surface area contributed by atoms with Crippen LogP contribution in [0.15, 0.2) is 40.4 Å². The molecular weight excluding hydrogens is 433 g/mol. The third-order valence-electron chi connectivity index (χ3n) is 6.28. The minimum atomic E-state index is -4.40. The van der Waals surface area contributed by atoms with Gasteiger partial charge in [0, 0.05) is 25.2 Å². The van der Waals surface area contributed by atoms with E-state index in [2.05, 4.69) is 20.2 Å². The Balaban J connectivity index is 1.50. The second-order valence-corrected chi connectivity index (χ2v) is 8.34. The molecule has 1 atom stereocenters. The third-order valence-corrected chi connectivity index (χ3v) is 6.28. The first-order chi connectivity index (χ1) is 15.8. The molecule has 0 amide bonds. The van der Waals surface area contributed by atoms with Crippen LogP contribution in [0.5, 0.6) is 0 Å². The van der Waals surface area contributed by atoms with E-state index in [1.165, 1.54) is 13.0 Å². The molecular formula is C23H25F3N6O. The Morgan fingerprint density at radius 1 is 1.15 bits per heavy atom. The summed E-state index contributed by atoms with van der Waals surface area (Å²) >= 11 is 0. The summed E-state index contributed by atoms with van der Waals surface area (Å²) in [5.41, 5.74) is 1.93. The summed E-state index contributed by atoms with van der Waals surface area (Å²) in [6, 6.07) is 5.88. The van der Waals surface area contributed by atoms with E-state index in [0.29, 0.717) is 37.1 Å². The van der Waals surface area contributed by atoms with Crippen molar-refractivity contribution in [2.45, 2.75) is 26.1 Å². The highest BCUT2D eigenvalue weighted by molar-refractivity contribution is 6.18. The molecule has 0 unspecified atom stereocenters. The predicted molar refractivity (Wildman–Crippen MR) is 121 cm³/mol. The van der Waals surface area contributed by atoms with Gasteiger partial charge in [-0.3, -0.25) is 0 Å². The van der Waals surface area contributed by atoms with Crippen LogP contribution in [0.25, 0.3) is 0 Å². The van der Waals surface area contributed by atoms with Crippen molar-refractivity contribution in [1.82, 2.24) is 10.3 Å². The molecule has 1 N–H and O–H groups in total. The van der Waals surface area contributed by atoms with Gasteiger partial charge < -0.3 is 19.9 Å². The van der Waals surface area contributed by atoms with E-state index in [1.807, 2.05) is 24.1 Å². The number of halogens is 3.